The van der Waals surface area contributed by atoms with Gasteiger partial charge < -0.3 is 5.32 Å². The predicted octanol–water partition coefficient (Wildman–Crippen LogP) is 5.61. The van der Waals surface area contributed by atoms with E-state index in [-0.39, 0.29) is 0 Å². The normalized spacial score (nSPS) is 25.0. The van der Waals surface area contributed by atoms with Gasteiger partial charge in [-0.1, -0.05) is 55.0 Å². The molecule has 1 N–H and O–H groups in total. The Bertz CT molecular complexity index is 949. The number of dihydropyridines is 1. The molecule has 1 aliphatic carbocycles. The second-order valence-corrected chi connectivity index (χ2v) is 8.15. The van der Waals surface area contributed by atoms with E-state index in [2.05, 4.69) is 74.2 Å². The first kappa shape index (κ1) is 17.1. The molecule has 0 saturated carbocycles. The molecule has 130 valence electrons. The number of thioether (sulfide) groups is 1. The van der Waals surface area contributed by atoms with E-state index in [1.807, 2.05) is 11.8 Å². The molecule has 3 aliphatic rings. The average molecular weight is 358 g/mol. The Morgan fingerprint density at radius 2 is 2.08 bits per heavy atom. The van der Waals surface area contributed by atoms with E-state index in [0.717, 1.165) is 23.4 Å². The molecule has 1 aromatic rings. The summed E-state index contributed by atoms with van der Waals surface area (Å²) >= 11 is 1.88. The first-order valence-corrected chi connectivity index (χ1v) is 10.0. The zero-order valence-corrected chi connectivity index (χ0v) is 16.1. The van der Waals surface area contributed by atoms with Gasteiger partial charge in [0.25, 0.3) is 0 Å². The van der Waals surface area contributed by atoms with Crippen LogP contribution in [0.25, 0.3) is 0 Å². The van der Waals surface area contributed by atoms with Crippen molar-refractivity contribution in [2.45, 2.75) is 26.2 Å². The van der Waals surface area contributed by atoms with Gasteiger partial charge in [-0.15, -0.1) is 18.2 Å². The Morgan fingerprint density at radius 1 is 1.27 bits per heavy atom. The topological polar surface area (TPSA) is 12.0 Å². The van der Waals surface area contributed by atoms with Gasteiger partial charge in [-0.05, 0) is 48.1 Å². The summed E-state index contributed by atoms with van der Waals surface area (Å²) < 4.78 is 0. The minimum absolute atomic E-state index is 0.410. The maximum Gasteiger partial charge on any atom is 0.0768 e. The molecule has 4 rings (SSSR count). The number of allylic oxidation sites excluding steroid dienone is 7. The molecule has 0 amide bonds. The lowest BCUT2D eigenvalue weighted by atomic mass is 9.80. The summed E-state index contributed by atoms with van der Waals surface area (Å²) in [5, 5.41) is 4.65. The summed E-state index contributed by atoms with van der Waals surface area (Å²) in [5.74, 6) is 4.76. The molecule has 1 nitrogen and oxygen atoms in total. The van der Waals surface area contributed by atoms with Crippen molar-refractivity contribution in [1.29, 1.82) is 0 Å². The molecule has 0 bridgehead atoms. The van der Waals surface area contributed by atoms with E-state index in [4.69, 9.17) is 6.42 Å². The molecule has 2 unspecified atom stereocenters. The number of hydrogen-bond acceptors (Lipinski definition) is 2. The SMILES string of the molecule is C#CC1=C(C)C2=C(NC1=C)SCC2C1=CCC(c2ccccc2C)C=C1. The zero-order valence-electron chi connectivity index (χ0n) is 15.3. The minimum atomic E-state index is 0.410. The van der Waals surface area contributed by atoms with Crippen molar-refractivity contribution in [2.75, 3.05) is 5.75 Å². The molecule has 2 heteroatoms. The van der Waals surface area contributed by atoms with Crippen LogP contribution < -0.4 is 5.32 Å². The molecular formula is C24H23NS. The number of terminal acetylenes is 1. The Morgan fingerprint density at radius 3 is 2.77 bits per heavy atom. The number of rotatable bonds is 2. The summed E-state index contributed by atoms with van der Waals surface area (Å²) in [6, 6.07) is 8.69. The van der Waals surface area contributed by atoms with E-state index in [1.54, 1.807) is 0 Å². The third kappa shape index (κ3) is 2.77. The van der Waals surface area contributed by atoms with Crippen LogP contribution in [0.15, 0.2) is 82.1 Å². The molecule has 1 aromatic carbocycles. The van der Waals surface area contributed by atoms with E-state index in [9.17, 15) is 0 Å². The van der Waals surface area contributed by atoms with Crippen LogP contribution >= 0.6 is 11.8 Å². The highest BCUT2D eigenvalue weighted by molar-refractivity contribution is 8.03. The number of aryl methyl sites for hydroxylation is 1. The molecule has 2 heterocycles. The van der Waals surface area contributed by atoms with Crippen molar-refractivity contribution in [3.63, 3.8) is 0 Å². The molecule has 2 aliphatic heterocycles. The molecule has 0 fully saturated rings. The molecule has 0 saturated heterocycles. The van der Waals surface area contributed by atoms with Gasteiger partial charge in [-0.3, -0.25) is 0 Å². The maximum absolute atomic E-state index is 5.72. The predicted molar refractivity (Wildman–Crippen MR) is 113 cm³/mol. The highest BCUT2D eigenvalue weighted by Crippen LogP contribution is 2.47. The second kappa shape index (κ2) is 6.74. The van der Waals surface area contributed by atoms with Crippen molar-refractivity contribution in [1.82, 2.24) is 5.32 Å². The standard InChI is InChI=1S/C24H23NS/c1-5-20-16(3)23-22(14-26-24(23)25-17(20)4)19-12-10-18(11-13-19)21-9-7-6-8-15(21)2/h1,6-10,12-13,18,22,25H,4,11,14H2,2-3H3. The summed E-state index contributed by atoms with van der Waals surface area (Å²) in [5.41, 5.74) is 8.54. The summed E-state index contributed by atoms with van der Waals surface area (Å²) in [6.45, 7) is 8.41. The number of nitrogens with one attached hydrogen (secondary N) is 1. The fourth-order valence-corrected chi connectivity index (χ4v) is 5.51. The maximum atomic E-state index is 5.72. The smallest absolute Gasteiger partial charge is 0.0768 e. The quantitative estimate of drug-likeness (QED) is 0.691. The van der Waals surface area contributed by atoms with Gasteiger partial charge in [0, 0.05) is 23.3 Å². The first-order chi connectivity index (χ1) is 12.6. The van der Waals surface area contributed by atoms with Gasteiger partial charge in [0.1, 0.15) is 0 Å². The molecule has 0 aromatic heterocycles. The molecular weight excluding hydrogens is 334 g/mol. The fraction of sp³-hybridized carbons (Fsp3) is 0.250. The summed E-state index contributed by atoms with van der Waals surface area (Å²) in [7, 11) is 0. The Labute approximate surface area is 160 Å². The third-order valence-electron chi connectivity index (χ3n) is 5.60. The lowest BCUT2D eigenvalue weighted by Crippen LogP contribution is -2.20. The van der Waals surface area contributed by atoms with Gasteiger partial charge in [0.2, 0.25) is 0 Å². The van der Waals surface area contributed by atoms with Crippen LogP contribution in [0.4, 0.5) is 0 Å². The van der Waals surface area contributed by atoms with E-state index in [1.165, 1.54) is 32.9 Å². The van der Waals surface area contributed by atoms with Crippen molar-refractivity contribution in [2.24, 2.45) is 5.92 Å². The van der Waals surface area contributed by atoms with Crippen LogP contribution in [0.5, 0.6) is 0 Å². The number of benzene rings is 1. The van der Waals surface area contributed by atoms with Gasteiger partial charge in [-0.2, -0.15) is 0 Å². The van der Waals surface area contributed by atoms with Crippen molar-refractivity contribution in [3.8, 4) is 12.3 Å². The van der Waals surface area contributed by atoms with Crippen molar-refractivity contribution in [3.05, 3.63) is 93.2 Å². The lowest BCUT2D eigenvalue weighted by molar-refractivity contribution is 0.778. The highest BCUT2D eigenvalue weighted by atomic mass is 32.2. The average Bonchev–Trinajstić information content (AvgIpc) is 3.06. The van der Waals surface area contributed by atoms with E-state index >= 15 is 0 Å². The first-order valence-electron chi connectivity index (χ1n) is 9.05. The van der Waals surface area contributed by atoms with Crippen LogP contribution in [-0.2, 0) is 0 Å². The Balaban J connectivity index is 1.60. The molecule has 2 atom stereocenters. The fourth-order valence-electron chi connectivity index (χ4n) is 4.17. The van der Waals surface area contributed by atoms with E-state index < -0.39 is 0 Å². The lowest BCUT2D eigenvalue weighted by Gasteiger charge is -2.26. The Kier molecular flexibility index (Phi) is 4.42. The van der Waals surface area contributed by atoms with Gasteiger partial charge >= 0.3 is 0 Å². The summed E-state index contributed by atoms with van der Waals surface area (Å²) in [4.78, 5) is 0. The van der Waals surface area contributed by atoms with Crippen LogP contribution in [0.2, 0.25) is 0 Å². The van der Waals surface area contributed by atoms with Crippen LogP contribution in [0.3, 0.4) is 0 Å². The van der Waals surface area contributed by atoms with Gasteiger partial charge in [0.15, 0.2) is 0 Å². The monoisotopic (exact) mass is 357 g/mol. The molecule has 0 spiro atoms. The second-order valence-electron chi connectivity index (χ2n) is 7.12. The van der Waals surface area contributed by atoms with Gasteiger partial charge in [0.05, 0.1) is 10.6 Å². The van der Waals surface area contributed by atoms with Crippen LogP contribution in [-0.4, -0.2) is 5.75 Å². The zero-order chi connectivity index (χ0) is 18.3. The largest absolute Gasteiger partial charge is 0.349 e. The minimum Gasteiger partial charge on any atom is -0.349 e. The van der Waals surface area contributed by atoms with E-state index in [0.29, 0.717) is 11.8 Å². The van der Waals surface area contributed by atoms with Crippen LogP contribution in [0, 0.1) is 25.2 Å². The highest BCUT2D eigenvalue weighted by Gasteiger charge is 2.34. The summed E-state index contributed by atoms with van der Waals surface area (Å²) in [6.07, 6.45) is 13.9. The molecule has 0 radical (unpaired) electrons. The molecule has 26 heavy (non-hydrogen) atoms. The number of hydrogen-bond donors (Lipinski definition) is 1. The third-order valence-corrected chi connectivity index (χ3v) is 6.71. The van der Waals surface area contributed by atoms with Crippen LogP contribution in [0.1, 0.15) is 30.4 Å². The van der Waals surface area contributed by atoms with Crippen molar-refractivity contribution >= 4 is 11.8 Å². The Hall–Kier alpha value is -2.37. The van der Waals surface area contributed by atoms with Gasteiger partial charge in [-0.25, -0.2) is 0 Å². The van der Waals surface area contributed by atoms with Crippen molar-refractivity contribution < 1.29 is 0 Å².